The van der Waals surface area contributed by atoms with E-state index in [1.165, 1.54) is 0 Å². The Bertz CT molecular complexity index is 2010. The van der Waals surface area contributed by atoms with Crippen molar-refractivity contribution in [2.45, 2.75) is 6.92 Å². The van der Waals surface area contributed by atoms with Crippen molar-refractivity contribution in [3.05, 3.63) is 10.3 Å². The molecule has 5 aliphatic rings. The van der Waals surface area contributed by atoms with Crippen LogP contribution < -0.4 is 42.6 Å². The molecule has 1 N–H and O–H groups in total. The molecule has 10 nitrogen and oxygen atoms in total. The van der Waals surface area contributed by atoms with Crippen LogP contribution in [0.15, 0.2) is 5.38 Å². The summed E-state index contributed by atoms with van der Waals surface area (Å²) in [5, 5.41) is 2.02. The fraction of sp³-hybridized carbons (Fsp3) is 0.355. The zero-order chi connectivity index (χ0) is 30.4. The Balaban J connectivity index is 1.15. The van der Waals surface area contributed by atoms with Crippen molar-refractivity contribution in [3.8, 4) is 96.5 Å². The molecule has 5 aromatic rings. The minimum absolute atomic E-state index is 0.451. The molecule has 0 aliphatic carbocycles. The maximum absolute atomic E-state index is 6.37. The first-order valence-corrected chi connectivity index (χ1v) is 19.0. The summed E-state index contributed by atoms with van der Waals surface area (Å²) in [7, 11) is 0. The maximum Gasteiger partial charge on any atom is 0.317 e. The number of hydrogen-bond donors (Lipinski definition) is 0. The Labute approximate surface area is 282 Å². The number of fused-ring (bicyclic) bond motifs is 5. The molecule has 10 heterocycles. The van der Waals surface area contributed by atoms with E-state index in [9.17, 15) is 0 Å². The summed E-state index contributed by atoms with van der Waals surface area (Å²) >= 11 is 8.12. The number of aliphatic hydroxyl groups is 1. The van der Waals surface area contributed by atoms with Gasteiger partial charge in [0.25, 0.3) is 0 Å². The van der Waals surface area contributed by atoms with Gasteiger partial charge in [0.05, 0.1) is 29.3 Å². The SMILES string of the molecule is Cc1sc(-c2sc(-c3sc(-c4sc(-c5scc6c5[OH+]CCO6)c5c4OCCO5)c4c3OCCO4)c3c2OCCO3)c2c1OCCO2. The van der Waals surface area contributed by atoms with Crippen LogP contribution in [0.4, 0.5) is 0 Å². The molecule has 46 heavy (non-hydrogen) atoms. The number of thiophene rings is 5. The topological polar surface area (TPSA) is 95.9 Å². The Hall–Kier alpha value is -3.50. The van der Waals surface area contributed by atoms with Gasteiger partial charge < -0.3 is 47.4 Å². The fourth-order valence-corrected chi connectivity index (χ4v) is 12.1. The average molecular weight is 718 g/mol. The highest BCUT2D eigenvalue weighted by atomic mass is 32.1. The average Bonchev–Trinajstić information content (AvgIpc) is 3.92. The molecule has 0 saturated heterocycles. The van der Waals surface area contributed by atoms with Gasteiger partial charge in [-0.3, -0.25) is 0 Å². The minimum Gasteiger partial charge on any atom is -0.577 e. The summed E-state index contributed by atoms with van der Waals surface area (Å²) in [6.07, 6.45) is 0. The largest absolute Gasteiger partial charge is 0.577 e. The Morgan fingerprint density at radius 2 is 0.804 bits per heavy atom. The molecule has 0 radical (unpaired) electrons. The third-order valence-corrected chi connectivity index (χ3v) is 14.1. The smallest absolute Gasteiger partial charge is 0.317 e. The Kier molecular flexibility index (Phi) is 6.46. The summed E-state index contributed by atoms with van der Waals surface area (Å²) in [6.45, 7) is 7.11. The van der Waals surface area contributed by atoms with Crippen LogP contribution in [0.2, 0.25) is 0 Å². The second-order valence-corrected chi connectivity index (χ2v) is 15.9. The van der Waals surface area contributed by atoms with Gasteiger partial charge in [0.1, 0.15) is 62.6 Å². The predicted octanol–water partition coefficient (Wildman–Crippen LogP) is 7.69. The van der Waals surface area contributed by atoms with Crippen LogP contribution >= 0.6 is 56.7 Å². The van der Waals surface area contributed by atoms with Crippen molar-refractivity contribution in [1.29, 1.82) is 0 Å². The second kappa shape index (κ2) is 10.8. The summed E-state index contributed by atoms with van der Waals surface area (Å²) in [5.74, 6) is 7.60. The molecule has 0 saturated carbocycles. The quantitative estimate of drug-likeness (QED) is 0.174. The molecule has 0 aromatic carbocycles. The highest BCUT2D eigenvalue weighted by Gasteiger charge is 2.39. The lowest BCUT2D eigenvalue weighted by Gasteiger charge is -2.19. The van der Waals surface area contributed by atoms with Crippen molar-refractivity contribution >= 4 is 56.7 Å². The van der Waals surface area contributed by atoms with Crippen molar-refractivity contribution in [3.63, 3.8) is 0 Å². The summed E-state index contributed by atoms with van der Waals surface area (Å²) < 4.78 is 60.7. The van der Waals surface area contributed by atoms with E-state index in [1.807, 2.05) is 5.38 Å². The fourth-order valence-electron chi connectivity index (χ4n) is 6.05. The lowest BCUT2D eigenvalue weighted by Crippen LogP contribution is -2.16. The van der Waals surface area contributed by atoms with Crippen LogP contribution in [0.5, 0.6) is 57.5 Å². The molecular weight excluding hydrogens is 693 g/mol. The first kappa shape index (κ1) is 27.6. The van der Waals surface area contributed by atoms with E-state index in [2.05, 4.69) is 6.92 Å². The normalized spacial score (nSPS) is 17.2. The lowest BCUT2D eigenvalue weighted by molar-refractivity contribution is 0.0123. The van der Waals surface area contributed by atoms with Gasteiger partial charge in [-0.15, -0.1) is 56.7 Å². The lowest BCUT2D eigenvalue weighted by atomic mass is 10.2. The maximum atomic E-state index is 6.37. The van der Waals surface area contributed by atoms with E-state index >= 15 is 0 Å². The van der Waals surface area contributed by atoms with Crippen molar-refractivity contribution < 1.29 is 47.4 Å². The van der Waals surface area contributed by atoms with E-state index < -0.39 is 0 Å². The third kappa shape index (κ3) is 4.08. The standard InChI is InChI=1S/C31H24O10S5/c1-13-15-17(35-5-4-33-15)26(43-13)27-20-21(39-9-8-38-20)30(45-27)31-23-22(40-10-11-41-23)29(46-31)28-19-18(36-6-7-37-19)25(44-28)24-16-14(12-42-24)32-2-3-34-16/h12H,2-11H2,1H3/p+1. The number of aryl methyl sites for hydroxylation is 1. The van der Waals surface area contributed by atoms with Crippen LogP contribution in [0.1, 0.15) is 4.88 Å². The predicted molar refractivity (Wildman–Crippen MR) is 178 cm³/mol. The molecule has 5 aromatic heterocycles. The van der Waals surface area contributed by atoms with Gasteiger partial charge in [-0.1, -0.05) is 0 Å². The summed E-state index contributed by atoms with van der Waals surface area (Å²) in [5.41, 5.74) is 0. The minimum atomic E-state index is 0.451. The van der Waals surface area contributed by atoms with Gasteiger partial charge >= 0.3 is 5.75 Å². The van der Waals surface area contributed by atoms with Crippen LogP contribution in [-0.2, 0) is 0 Å². The molecule has 0 fully saturated rings. The van der Waals surface area contributed by atoms with E-state index in [-0.39, 0.29) is 0 Å². The van der Waals surface area contributed by atoms with Gasteiger partial charge in [-0.2, -0.15) is 0 Å². The van der Waals surface area contributed by atoms with Gasteiger partial charge in [0.2, 0.25) is 12.4 Å². The van der Waals surface area contributed by atoms with Gasteiger partial charge in [-0.05, 0) is 6.92 Å². The zero-order valence-corrected chi connectivity index (χ0v) is 28.4. The van der Waals surface area contributed by atoms with Crippen LogP contribution in [0, 0.1) is 6.92 Å². The molecule has 0 unspecified atom stereocenters. The van der Waals surface area contributed by atoms with E-state index in [1.54, 1.807) is 56.7 Å². The molecule has 0 spiro atoms. The monoisotopic (exact) mass is 717 g/mol. The number of aromatic hydroxyl groups is 1. The molecule has 238 valence electrons. The molecule has 10 rings (SSSR count). The molecule has 15 heteroatoms. The van der Waals surface area contributed by atoms with Gasteiger partial charge in [0, 0.05) is 10.3 Å². The van der Waals surface area contributed by atoms with E-state index in [0.717, 1.165) is 84.1 Å². The first-order valence-electron chi connectivity index (χ1n) is 14.8. The van der Waals surface area contributed by atoms with Crippen LogP contribution in [0.25, 0.3) is 39.0 Å². The summed E-state index contributed by atoms with van der Waals surface area (Å²) in [6, 6.07) is 0. The summed E-state index contributed by atoms with van der Waals surface area (Å²) in [4.78, 5) is 8.78. The Morgan fingerprint density at radius 1 is 0.435 bits per heavy atom. The van der Waals surface area contributed by atoms with Crippen LogP contribution in [0.3, 0.4) is 0 Å². The second-order valence-electron chi connectivity index (χ2n) is 10.7. The van der Waals surface area contributed by atoms with Crippen molar-refractivity contribution in [2.75, 3.05) is 66.1 Å². The number of hydrogen-bond acceptors (Lipinski definition) is 14. The van der Waals surface area contributed by atoms with Gasteiger partial charge in [0.15, 0.2) is 52.6 Å². The number of rotatable bonds is 4. The third-order valence-electron chi connectivity index (χ3n) is 7.94. The highest BCUT2D eigenvalue weighted by molar-refractivity contribution is 7.31. The molecule has 5 aliphatic heterocycles. The number of ether oxygens (including phenoxy) is 10. The van der Waals surface area contributed by atoms with Crippen molar-refractivity contribution in [1.82, 2.24) is 0 Å². The first-order chi connectivity index (χ1) is 22.7. The Morgan fingerprint density at radius 3 is 1.26 bits per heavy atom. The highest BCUT2D eigenvalue weighted by Crippen LogP contribution is 2.66. The zero-order valence-electron chi connectivity index (χ0n) is 24.3. The van der Waals surface area contributed by atoms with Crippen LogP contribution in [-0.4, -0.2) is 70.8 Å². The molecular formula is C31H25O10S5+. The van der Waals surface area contributed by atoms with E-state index in [0.29, 0.717) is 83.3 Å². The van der Waals surface area contributed by atoms with E-state index in [4.69, 9.17) is 47.4 Å². The molecule has 0 amide bonds. The van der Waals surface area contributed by atoms with Gasteiger partial charge in [-0.25, -0.2) is 0 Å². The van der Waals surface area contributed by atoms with Crippen molar-refractivity contribution in [2.24, 2.45) is 0 Å². The molecule has 0 bridgehead atoms. The molecule has 0 atom stereocenters.